The summed E-state index contributed by atoms with van der Waals surface area (Å²) in [7, 11) is 1.32. The molecule has 20 heavy (non-hydrogen) atoms. The van der Waals surface area contributed by atoms with Crippen molar-refractivity contribution >= 4 is 11.9 Å². The maximum atomic E-state index is 12.4. The van der Waals surface area contributed by atoms with E-state index in [0.29, 0.717) is 25.1 Å². The number of nitrogens with zero attached hydrogens (tertiary/aromatic N) is 1. The van der Waals surface area contributed by atoms with Crippen LogP contribution in [-0.2, 0) is 9.53 Å². The fourth-order valence-electron chi connectivity index (χ4n) is 1.78. The summed E-state index contributed by atoms with van der Waals surface area (Å²) in [5, 5.41) is 8.90. The number of methoxy groups -OCH3 is 1. The SMILES string of the molecule is COC(=O)CCN(CCCO)C(=O)c1ccc(C)cc1. The Kier molecular flexibility index (Phi) is 6.73. The summed E-state index contributed by atoms with van der Waals surface area (Å²) in [6.07, 6.45) is 0.637. The molecule has 1 N–H and O–H groups in total. The largest absolute Gasteiger partial charge is 0.469 e. The number of esters is 1. The van der Waals surface area contributed by atoms with Crippen LogP contribution in [0.1, 0.15) is 28.8 Å². The van der Waals surface area contributed by atoms with E-state index in [2.05, 4.69) is 4.74 Å². The van der Waals surface area contributed by atoms with E-state index in [1.165, 1.54) is 7.11 Å². The van der Waals surface area contributed by atoms with Crippen molar-refractivity contribution in [2.75, 3.05) is 26.8 Å². The molecule has 0 fully saturated rings. The average Bonchev–Trinajstić information content (AvgIpc) is 2.47. The van der Waals surface area contributed by atoms with Gasteiger partial charge in [0.2, 0.25) is 0 Å². The number of carbonyl (C=O) groups excluding carboxylic acids is 2. The molecule has 0 atom stereocenters. The minimum atomic E-state index is -0.351. The van der Waals surface area contributed by atoms with Gasteiger partial charge in [-0.05, 0) is 25.5 Å². The van der Waals surface area contributed by atoms with Crippen LogP contribution in [0.4, 0.5) is 0 Å². The van der Waals surface area contributed by atoms with Gasteiger partial charge in [0.25, 0.3) is 5.91 Å². The quantitative estimate of drug-likeness (QED) is 0.766. The summed E-state index contributed by atoms with van der Waals surface area (Å²) < 4.78 is 4.58. The summed E-state index contributed by atoms with van der Waals surface area (Å²) >= 11 is 0. The fraction of sp³-hybridized carbons (Fsp3) is 0.467. The number of aliphatic hydroxyl groups excluding tert-OH is 1. The van der Waals surface area contributed by atoms with Crippen molar-refractivity contribution in [2.24, 2.45) is 0 Å². The van der Waals surface area contributed by atoms with E-state index in [9.17, 15) is 9.59 Å². The van der Waals surface area contributed by atoms with Crippen LogP contribution in [0.25, 0.3) is 0 Å². The summed E-state index contributed by atoms with van der Waals surface area (Å²) in [6, 6.07) is 7.28. The molecule has 0 radical (unpaired) electrons. The predicted octanol–water partition coefficient (Wildman–Crippen LogP) is 1.38. The van der Waals surface area contributed by atoms with E-state index in [1.54, 1.807) is 17.0 Å². The first kappa shape index (κ1) is 16.2. The summed E-state index contributed by atoms with van der Waals surface area (Å²) in [4.78, 5) is 25.1. The molecule has 0 aliphatic rings. The van der Waals surface area contributed by atoms with Gasteiger partial charge in [-0.1, -0.05) is 17.7 Å². The van der Waals surface area contributed by atoms with Crippen LogP contribution in [0.5, 0.6) is 0 Å². The molecule has 0 spiro atoms. The van der Waals surface area contributed by atoms with E-state index < -0.39 is 0 Å². The molecule has 1 aromatic rings. The topological polar surface area (TPSA) is 66.8 Å². The molecule has 5 heteroatoms. The van der Waals surface area contributed by atoms with E-state index in [-0.39, 0.29) is 24.9 Å². The second-order valence-corrected chi connectivity index (χ2v) is 4.56. The monoisotopic (exact) mass is 279 g/mol. The van der Waals surface area contributed by atoms with Crippen LogP contribution in [0.2, 0.25) is 0 Å². The molecular weight excluding hydrogens is 258 g/mol. The number of hydrogen-bond donors (Lipinski definition) is 1. The summed E-state index contributed by atoms with van der Waals surface area (Å²) in [6.45, 7) is 2.67. The molecule has 0 aliphatic carbocycles. The van der Waals surface area contributed by atoms with Crippen molar-refractivity contribution in [3.05, 3.63) is 35.4 Å². The lowest BCUT2D eigenvalue weighted by atomic mass is 10.1. The zero-order chi connectivity index (χ0) is 15.0. The lowest BCUT2D eigenvalue weighted by molar-refractivity contribution is -0.140. The van der Waals surface area contributed by atoms with Crippen molar-refractivity contribution in [1.29, 1.82) is 0 Å². The number of benzene rings is 1. The van der Waals surface area contributed by atoms with Crippen molar-refractivity contribution < 1.29 is 19.4 Å². The molecule has 1 aromatic carbocycles. The van der Waals surface area contributed by atoms with Gasteiger partial charge in [0.15, 0.2) is 0 Å². The molecule has 0 aromatic heterocycles. The van der Waals surface area contributed by atoms with Crippen molar-refractivity contribution in [1.82, 2.24) is 4.90 Å². The van der Waals surface area contributed by atoms with Crippen LogP contribution >= 0.6 is 0 Å². The highest BCUT2D eigenvalue weighted by molar-refractivity contribution is 5.94. The van der Waals surface area contributed by atoms with Crippen LogP contribution in [0, 0.1) is 6.92 Å². The van der Waals surface area contributed by atoms with E-state index in [1.807, 2.05) is 19.1 Å². The van der Waals surface area contributed by atoms with Gasteiger partial charge >= 0.3 is 5.97 Å². The van der Waals surface area contributed by atoms with Crippen molar-refractivity contribution in [3.8, 4) is 0 Å². The Bertz CT molecular complexity index is 442. The molecular formula is C15H21NO4. The molecule has 0 bridgehead atoms. The average molecular weight is 279 g/mol. The van der Waals surface area contributed by atoms with Crippen LogP contribution in [0.15, 0.2) is 24.3 Å². The molecule has 5 nitrogen and oxygen atoms in total. The Balaban J connectivity index is 2.72. The number of ether oxygens (including phenoxy) is 1. The summed E-state index contributed by atoms with van der Waals surface area (Å²) in [5.41, 5.74) is 1.66. The van der Waals surface area contributed by atoms with Crippen LogP contribution in [-0.4, -0.2) is 48.7 Å². The number of amides is 1. The maximum absolute atomic E-state index is 12.4. The number of carbonyl (C=O) groups is 2. The van der Waals surface area contributed by atoms with E-state index in [0.717, 1.165) is 5.56 Å². The molecule has 1 rings (SSSR count). The van der Waals surface area contributed by atoms with Gasteiger partial charge in [0, 0.05) is 25.3 Å². The molecule has 110 valence electrons. The molecule has 1 amide bonds. The summed E-state index contributed by atoms with van der Waals surface area (Å²) in [5.74, 6) is -0.488. The zero-order valence-electron chi connectivity index (χ0n) is 12.0. The van der Waals surface area contributed by atoms with E-state index in [4.69, 9.17) is 5.11 Å². The van der Waals surface area contributed by atoms with Crippen LogP contribution < -0.4 is 0 Å². The molecule has 0 saturated heterocycles. The van der Waals surface area contributed by atoms with Gasteiger partial charge in [-0.25, -0.2) is 0 Å². The highest BCUT2D eigenvalue weighted by Crippen LogP contribution is 2.08. The smallest absolute Gasteiger partial charge is 0.307 e. The normalized spacial score (nSPS) is 10.2. The Hall–Kier alpha value is -1.88. The Morgan fingerprint density at radius 3 is 2.40 bits per heavy atom. The third kappa shape index (κ3) is 5.01. The van der Waals surface area contributed by atoms with E-state index >= 15 is 0 Å². The Morgan fingerprint density at radius 2 is 1.85 bits per heavy atom. The van der Waals surface area contributed by atoms with Gasteiger partial charge < -0.3 is 14.7 Å². The first-order chi connectivity index (χ1) is 9.58. The minimum absolute atomic E-state index is 0.00982. The standard InChI is InChI=1S/C15H21NO4/c1-12-4-6-13(7-5-12)15(19)16(9-3-11-17)10-8-14(18)20-2/h4-7,17H,3,8-11H2,1-2H3. The maximum Gasteiger partial charge on any atom is 0.307 e. The number of aryl methyl sites for hydroxylation is 1. The lowest BCUT2D eigenvalue weighted by Gasteiger charge is -2.22. The molecule has 0 heterocycles. The molecule has 0 unspecified atom stereocenters. The third-order valence-corrected chi connectivity index (χ3v) is 2.99. The Labute approximate surface area is 119 Å². The number of aliphatic hydroxyl groups is 1. The highest BCUT2D eigenvalue weighted by Gasteiger charge is 2.16. The number of rotatable bonds is 7. The first-order valence-electron chi connectivity index (χ1n) is 6.62. The second-order valence-electron chi connectivity index (χ2n) is 4.56. The van der Waals surface area contributed by atoms with Gasteiger partial charge in [0.05, 0.1) is 13.5 Å². The second kappa shape index (κ2) is 8.32. The van der Waals surface area contributed by atoms with Gasteiger partial charge in [-0.2, -0.15) is 0 Å². The molecule has 0 saturated carbocycles. The molecule has 0 aliphatic heterocycles. The van der Waals surface area contributed by atoms with Gasteiger partial charge in [-0.3, -0.25) is 9.59 Å². The van der Waals surface area contributed by atoms with Crippen molar-refractivity contribution in [3.63, 3.8) is 0 Å². The fourth-order valence-corrected chi connectivity index (χ4v) is 1.78. The predicted molar refractivity (Wildman–Crippen MR) is 75.4 cm³/mol. The van der Waals surface area contributed by atoms with Gasteiger partial charge in [-0.15, -0.1) is 0 Å². The third-order valence-electron chi connectivity index (χ3n) is 2.99. The lowest BCUT2D eigenvalue weighted by Crippen LogP contribution is -2.34. The van der Waals surface area contributed by atoms with Gasteiger partial charge in [0.1, 0.15) is 0 Å². The Morgan fingerprint density at radius 1 is 1.20 bits per heavy atom. The number of hydrogen-bond acceptors (Lipinski definition) is 4. The van der Waals surface area contributed by atoms with Crippen LogP contribution in [0.3, 0.4) is 0 Å². The first-order valence-corrected chi connectivity index (χ1v) is 6.62. The minimum Gasteiger partial charge on any atom is -0.469 e. The zero-order valence-corrected chi connectivity index (χ0v) is 12.0. The highest BCUT2D eigenvalue weighted by atomic mass is 16.5. The van der Waals surface area contributed by atoms with Crippen molar-refractivity contribution in [2.45, 2.75) is 19.8 Å².